The molecular weight excluding hydrogens is 160 g/mol. The molecular formula is C8H16O2S. The maximum Gasteiger partial charge on any atom is 0.306 e. The molecule has 3 heteroatoms. The van der Waals surface area contributed by atoms with Gasteiger partial charge in [-0.3, -0.25) is 4.79 Å². The van der Waals surface area contributed by atoms with Gasteiger partial charge in [-0.15, -0.1) is 0 Å². The second-order valence-electron chi connectivity index (χ2n) is 2.81. The van der Waals surface area contributed by atoms with Crippen LogP contribution in [0.15, 0.2) is 0 Å². The molecule has 0 amide bonds. The van der Waals surface area contributed by atoms with Crippen LogP contribution in [0.4, 0.5) is 0 Å². The molecule has 0 aliphatic heterocycles. The molecule has 0 radical (unpaired) electrons. The first kappa shape index (κ1) is 10.8. The van der Waals surface area contributed by atoms with Gasteiger partial charge in [-0.25, -0.2) is 0 Å². The Labute approximate surface area is 72.7 Å². The highest BCUT2D eigenvalue weighted by molar-refractivity contribution is 7.98. The molecule has 0 unspecified atom stereocenters. The van der Waals surface area contributed by atoms with E-state index in [1.54, 1.807) is 11.8 Å². The van der Waals surface area contributed by atoms with Crippen molar-refractivity contribution in [3.8, 4) is 0 Å². The van der Waals surface area contributed by atoms with E-state index in [0.717, 1.165) is 5.75 Å². The fraction of sp³-hybridized carbons (Fsp3) is 0.875. The standard InChI is InChI=1S/C8H16O2S/c1-7(2)6-8(9)10-4-5-11-3/h7H,4-6H2,1-3H3. The minimum absolute atomic E-state index is 0.0750. The van der Waals surface area contributed by atoms with Crippen molar-refractivity contribution in [2.75, 3.05) is 18.6 Å². The van der Waals surface area contributed by atoms with Crippen LogP contribution in [0.25, 0.3) is 0 Å². The summed E-state index contributed by atoms with van der Waals surface area (Å²) < 4.78 is 4.93. The minimum atomic E-state index is -0.0750. The van der Waals surface area contributed by atoms with E-state index in [9.17, 15) is 4.79 Å². The van der Waals surface area contributed by atoms with Gasteiger partial charge in [0.15, 0.2) is 0 Å². The quantitative estimate of drug-likeness (QED) is 0.473. The second kappa shape index (κ2) is 6.53. The SMILES string of the molecule is CSCCOC(=O)CC(C)C. The molecule has 0 aliphatic carbocycles. The number of ether oxygens (including phenoxy) is 1. The number of esters is 1. The van der Waals surface area contributed by atoms with Crippen molar-refractivity contribution in [3.05, 3.63) is 0 Å². The summed E-state index contributed by atoms with van der Waals surface area (Å²) in [7, 11) is 0. The average Bonchev–Trinajstić information content (AvgIpc) is 1.86. The van der Waals surface area contributed by atoms with Gasteiger partial charge in [0.2, 0.25) is 0 Å². The van der Waals surface area contributed by atoms with Crippen LogP contribution >= 0.6 is 11.8 Å². The van der Waals surface area contributed by atoms with E-state index in [0.29, 0.717) is 18.9 Å². The summed E-state index contributed by atoms with van der Waals surface area (Å²) in [5.74, 6) is 1.22. The van der Waals surface area contributed by atoms with Crippen LogP contribution in [0.5, 0.6) is 0 Å². The Kier molecular flexibility index (Phi) is 6.42. The third kappa shape index (κ3) is 7.72. The van der Waals surface area contributed by atoms with E-state index in [2.05, 4.69) is 0 Å². The Morgan fingerprint density at radius 3 is 2.64 bits per heavy atom. The summed E-state index contributed by atoms with van der Waals surface area (Å²) in [4.78, 5) is 10.9. The van der Waals surface area contributed by atoms with Gasteiger partial charge in [0.1, 0.15) is 6.61 Å². The van der Waals surface area contributed by atoms with Crippen LogP contribution in [0.3, 0.4) is 0 Å². The van der Waals surface area contributed by atoms with Crippen LogP contribution in [0, 0.1) is 5.92 Å². The lowest BCUT2D eigenvalue weighted by Gasteiger charge is -2.04. The largest absolute Gasteiger partial charge is 0.465 e. The zero-order valence-electron chi connectivity index (χ0n) is 7.42. The molecule has 0 aromatic rings. The molecule has 0 N–H and O–H groups in total. The second-order valence-corrected chi connectivity index (χ2v) is 3.80. The Bertz CT molecular complexity index is 113. The van der Waals surface area contributed by atoms with Gasteiger partial charge in [-0.05, 0) is 12.2 Å². The first-order chi connectivity index (χ1) is 5.16. The van der Waals surface area contributed by atoms with E-state index < -0.39 is 0 Å². The Hall–Kier alpha value is -0.180. The van der Waals surface area contributed by atoms with Gasteiger partial charge >= 0.3 is 5.97 Å². The fourth-order valence-electron chi connectivity index (χ4n) is 0.631. The van der Waals surface area contributed by atoms with Crippen molar-refractivity contribution >= 4 is 17.7 Å². The molecule has 0 rings (SSSR count). The molecule has 0 fully saturated rings. The number of carbonyl (C=O) groups is 1. The van der Waals surface area contributed by atoms with Gasteiger partial charge in [0, 0.05) is 12.2 Å². The van der Waals surface area contributed by atoms with Gasteiger partial charge in [0.05, 0.1) is 0 Å². The van der Waals surface area contributed by atoms with Crippen molar-refractivity contribution in [2.45, 2.75) is 20.3 Å². The van der Waals surface area contributed by atoms with Crippen LogP contribution in [0.2, 0.25) is 0 Å². The Morgan fingerprint density at radius 2 is 2.18 bits per heavy atom. The number of thioether (sulfide) groups is 1. The molecule has 0 atom stereocenters. The van der Waals surface area contributed by atoms with Gasteiger partial charge < -0.3 is 4.74 Å². The number of hydrogen-bond donors (Lipinski definition) is 0. The highest BCUT2D eigenvalue weighted by atomic mass is 32.2. The van der Waals surface area contributed by atoms with E-state index in [1.165, 1.54) is 0 Å². The smallest absolute Gasteiger partial charge is 0.306 e. The highest BCUT2D eigenvalue weighted by Gasteiger charge is 2.04. The predicted molar refractivity (Wildman–Crippen MR) is 48.8 cm³/mol. The fourth-order valence-corrected chi connectivity index (χ4v) is 0.881. The average molecular weight is 176 g/mol. The molecule has 0 aromatic carbocycles. The number of rotatable bonds is 5. The van der Waals surface area contributed by atoms with Crippen molar-refractivity contribution in [1.29, 1.82) is 0 Å². The highest BCUT2D eigenvalue weighted by Crippen LogP contribution is 2.01. The zero-order valence-corrected chi connectivity index (χ0v) is 8.24. The van der Waals surface area contributed by atoms with Gasteiger partial charge in [-0.2, -0.15) is 11.8 Å². The third-order valence-corrected chi connectivity index (χ3v) is 1.70. The topological polar surface area (TPSA) is 26.3 Å². The van der Waals surface area contributed by atoms with E-state index in [4.69, 9.17) is 4.74 Å². The summed E-state index contributed by atoms with van der Waals surface area (Å²) in [6.07, 6.45) is 2.53. The first-order valence-electron chi connectivity index (χ1n) is 3.81. The molecule has 0 spiro atoms. The Morgan fingerprint density at radius 1 is 1.55 bits per heavy atom. The first-order valence-corrected chi connectivity index (χ1v) is 5.20. The summed E-state index contributed by atoms with van der Waals surface area (Å²) in [5.41, 5.74) is 0. The normalized spacial score (nSPS) is 10.2. The van der Waals surface area contributed by atoms with Crippen molar-refractivity contribution in [2.24, 2.45) is 5.92 Å². The molecule has 0 saturated heterocycles. The van der Waals surface area contributed by atoms with Gasteiger partial charge in [0.25, 0.3) is 0 Å². The van der Waals surface area contributed by atoms with Crippen LogP contribution in [0.1, 0.15) is 20.3 Å². The van der Waals surface area contributed by atoms with Crippen LogP contribution in [-0.2, 0) is 9.53 Å². The van der Waals surface area contributed by atoms with E-state index in [1.807, 2.05) is 20.1 Å². The maximum absolute atomic E-state index is 10.9. The molecule has 0 saturated carbocycles. The van der Waals surface area contributed by atoms with Crippen LogP contribution in [-0.4, -0.2) is 24.6 Å². The lowest BCUT2D eigenvalue weighted by molar-refractivity contribution is -0.143. The minimum Gasteiger partial charge on any atom is -0.465 e. The third-order valence-electron chi connectivity index (χ3n) is 1.13. The lowest BCUT2D eigenvalue weighted by Crippen LogP contribution is -2.09. The summed E-state index contributed by atoms with van der Waals surface area (Å²) in [6, 6.07) is 0. The molecule has 66 valence electrons. The molecule has 11 heavy (non-hydrogen) atoms. The van der Waals surface area contributed by atoms with Gasteiger partial charge in [-0.1, -0.05) is 13.8 Å². The van der Waals surface area contributed by atoms with Crippen molar-refractivity contribution in [1.82, 2.24) is 0 Å². The molecule has 0 aliphatic rings. The summed E-state index contributed by atoms with van der Waals surface area (Å²) >= 11 is 1.69. The summed E-state index contributed by atoms with van der Waals surface area (Å²) in [5, 5.41) is 0. The Balaban J connectivity index is 3.23. The number of hydrogen-bond acceptors (Lipinski definition) is 3. The van der Waals surface area contributed by atoms with E-state index in [-0.39, 0.29) is 5.97 Å². The predicted octanol–water partition coefficient (Wildman–Crippen LogP) is 1.94. The van der Waals surface area contributed by atoms with E-state index >= 15 is 0 Å². The molecule has 0 aromatic heterocycles. The molecule has 0 bridgehead atoms. The molecule has 0 heterocycles. The zero-order chi connectivity index (χ0) is 8.69. The monoisotopic (exact) mass is 176 g/mol. The van der Waals surface area contributed by atoms with Crippen molar-refractivity contribution < 1.29 is 9.53 Å². The van der Waals surface area contributed by atoms with Crippen molar-refractivity contribution in [3.63, 3.8) is 0 Å². The maximum atomic E-state index is 10.9. The van der Waals surface area contributed by atoms with Crippen LogP contribution < -0.4 is 0 Å². The lowest BCUT2D eigenvalue weighted by atomic mass is 10.1. The molecule has 2 nitrogen and oxygen atoms in total. The number of carbonyl (C=O) groups excluding carboxylic acids is 1. The summed E-state index contributed by atoms with van der Waals surface area (Å²) in [6.45, 7) is 4.57.